The van der Waals surface area contributed by atoms with Gasteiger partial charge in [-0.05, 0) is 42.2 Å². The smallest absolute Gasteiger partial charge is 0.238 e. The van der Waals surface area contributed by atoms with Crippen LogP contribution in [0.5, 0.6) is 11.5 Å². The second-order valence-electron chi connectivity index (χ2n) is 7.20. The van der Waals surface area contributed by atoms with E-state index in [0.717, 1.165) is 0 Å². The molecule has 0 unspecified atom stereocenters. The Kier molecular flexibility index (Phi) is 2.71. The highest BCUT2D eigenvalue weighted by atomic mass is 16.5. The molecule has 6 atom stereocenters. The molecular weight excluding hydrogens is 306 g/mol. The fourth-order valence-corrected chi connectivity index (χ4v) is 5.16. The molecule has 0 aromatic heterocycles. The van der Waals surface area contributed by atoms with Crippen LogP contribution in [0.1, 0.15) is 6.42 Å². The molecule has 3 fully saturated rings. The normalized spacial score (nSPS) is 38.2. The topological polar surface area (TPSA) is 55.8 Å². The van der Waals surface area contributed by atoms with Gasteiger partial charge in [0, 0.05) is 6.07 Å². The Morgan fingerprint density at radius 1 is 0.958 bits per heavy atom. The maximum atomic E-state index is 13.1. The van der Waals surface area contributed by atoms with Crippen molar-refractivity contribution >= 4 is 17.5 Å². The van der Waals surface area contributed by atoms with Crippen molar-refractivity contribution in [3.05, 3.63) is 30.4 Å². The van der Waals surface area contributed by atoms with Gasteiger partial charge in [-0.15, -0.1) is 0 Å². The SMILES string of the molecule is COc1ccc(N2C(=O)[C@@H]3[C@H]4C=C[C@@H]([C@@H]5C[C@H]45)[C@H]3C2=O)c(OC)c1. The van der Waals surface area contributed by atoms with Gasteiger partial charge in [-0.3, -0.25) is 9.59 Å². The van der Waals surface area contributed by atoms with Crippen LogP contribution >= 0.6 is 0 Å². The van der Waals surface area contributed by atoms with E-state index in [0.29, 0.717) is 29.0 Å². The van der Waals surface area contributed by atoms with E-state index >= 15 is 0 Å². The zero-order valence-electron chi connectivity index (χ0n) is 13.6. The number of hydrogen-bond donors (Lipinski definition) is 0. The molecular formula is C19H19NO4. The standard InChI is InChI=1S/C19H19NO4/c1-23-9-3-6-14(15(7-9)24-2)20-18(21)16-10-4-5-11(13-8-12(10)13)17(16)19(20)22/h3-7,10-13,16-17H,8H2,1-2H3/t10-,11-,12-,13+,16+,17+/m0/s1. The molecule has 0 spiro atoms. The molecule has 124 valence electrons. The molecule has 0 radical (unpaired) electrons. The van der Waals surface area contributed by atoms with Gasteiger partial charge >= 0.3 is 0 Å². The number of imide groups is 1. The van der Waals surface area contributed by atoms with E-state index in [1.165, 1.54) is 18.4 Å². The minimum Gasteiger partial charge on any atom is -0.497 e. The summed E-state index contributed by atoms with van der Waals surface area (Å²) in [7, 11) is 3.11. The van der Waals surface area contributed by atoms with Gasteiger partial charge in [0.2, 0.25) is 11.8 Å². The molecule has 2 bridgehead atoms. The van der Waals surface area contributed by atoms with Crippen LogP contribution in [0.15, 0.2) is 30.4 Å². The first-order chi connectivity index (χ1) is 11.7. The number of carbonyl (C=O) groups is 2. The van der Waals surface area contributed by atoms with Crippen molar-refractivity contribution < 1.29 is 19.1 Å². The van der Waals surface area contributed by atoms with Gasteiger partial charge in [-0.1, -0.05) is 12.2 Å². The van der Waals surface area contributed by atoms with Gasteiger partial charge < -0.3 is 9.47 Å². The molecule has 24 heavy (non-hydrogen) atoms. The Morgan fingerprint density at radius 2 is 1.58 bits per heavy atom. The molecule has 0 N–H and O–H groups in total. The third kappa shape index (κ3) is 1.60. The third-order valence-corrected chi connectivity index (χ3v) is 6.29. The van der Waals surface area contributed by atoms with Crippen LogP contribution in [0, 0.1) is 35.5 Å². The maximum absolute atomic E-state index is 13.1. The zero-order chi connectivity index (χ0) is 16.6. The van der Waals surface area contributed by atoms with Crippen molar-refractivity contribution in [2.24, 2.45) is 35.5 Å². The van der Waals surface area contributed by atoms with Gasteiger partial charge in [-0.25, -0.2) is 4.90 Å². The second kappa shape index (κ2) is 4.62. The number of allylic oxidation sites excluding steroid dienone is 2. The van der Waals surface area contributed by atoms with Gasteiger partial charge in [0.15, 0.2) is 0 Å². The number of carbonyl (C=O) groups excluding carboxylic acids is 2. The van der Waals surface area contributed by atoms with Gasteiger partial charge in [0.25, 0.3) is 0 Å². The number of hydrogen-bond acceptors (Lipinski definition) is 4. The fourth-order valence-electron chi connectivity index (χ4n) is 5.16. The van der Waals surface area contributed by atoms with Gasteiger partial charge in [-0.2, -0.15) is 0 Å². The van der Waals surface area contributed by atoms with Crippen molar-refractivity contribution in [1.29, 1.82) is 0 Å². The minimum atomic E-state index is -0.192. The van der Waals surface area contributed by atoms with Crippen LogP contribution in [0.2, 0.25) is 0 Å². The molecule has 5 aliphatic rings. The number of amides is 2. The second-order valence-corrected chi connectivity index (χ2v) is 7.20. The predicted molar refractivity (Wildman–Crippen MR) is 86.7 cm³/mol. The molecule has 4 aliphatic carbocycles. The summed E-state index contributed by atoms with van der Waals surface area (Å²) in [4.78, 5) is 27.6. The summed E-state index contributed by atoms with van der Waals surface area (Å²) < 4.78 is 10.6. The van der Waals surface area contributed by atoms with Crippen molar-refractivity contribution in [2.45, 2.75) is 6.42 Å². The highest BCUT2D eigenvalue weighted by molar-refractivity contribution is 6.23. The quantitative estimate of drug-likeness (QED) is 0.632. The average molecular weight is 325 g/mol. The zero-order valence-corrected chi connectivity index (χ0v) is 13.6. The van der Waals surface area contributed by atoms with E-state index in [4.69, 9.17) is 9.47 Å². The summed E-state index contributed by atoms with van der Waals surface area (Å²) >= 11 is 0. The van der Waals surface area contributed by atoms with Gasteiger partial charge in [0.05, 0.1) is 31.7 Å². The summed E-state index contributed by atoms with van der Waals surface area (Å²) in [6.07, 6.45) is 5.53. The first-order valence-corrected chi connectivity index (χ1v) is 8.44. The van der Waals surface area contributed by atoms with Crippen LogP contribution in [-0.2, 0) is 9.59 Å². The van der Waals surface area contributed by atoms with E-state index in [-0.39, 0.29) is 35.5 Å². The first kappa shape index (κ1) is 14.1. The summed E-state index contributed by atoms with van der Waals surface area (Å²) in [6, 6.07) is 5.20. The first-order valence-electron chi connectivity index (χ1n) is 8.44. The molecule has 1 aromatic rings. The Hall–Kier alpha value is -2.30. The molecule has 1 saturated heterocycles. The van der Waals surface area contributed by atoms with Crippen LogP contribution in [0.25, 0.3) is 0 Å². The minimum absolute atomic E-state index is 0.0711. The summed E-state index contributed by atoms with van der Waals surface area (Å²) in [5, 5.41) is 0. The molecule has 5 nitrogen and oxygen atoms in total. The number of anilines is 1. The molecule has 1 heterocycles. The van der Waals surface area contributed by atoms with E-state index in [1.807, 2.05) is 0 Å². The van der Waals surface area contributed by atoms with Crippen molar-refractivity contribution in [2.75, 3.05) is 19.1 Å². The molecule has 2 saturated carbocycles. The number of ether oxygens (including phenoxy) is 2. The molecule has 1 aromatic carbocycles. The fraction of sp³-hybridized carbons (Fsp3) is 0.474. The summed E-state index contributed by atoms with van der Waals surface area (Å²) in [6.45, 7) is 0. The lowest BCUT2D eigenvalue weighted by atomic mass is 9.63. The lowest BCUT2D eigenvalue weighted by Crippen LogP contribution is -2.40. The third-order valence-electron chi connectivity index (χ3n) is 6.29. The van der Waals surface area contributed by atoms with Crippen molar-refractivity contribution in [1.82, 2.24) is 0 Å². The summed E-state index contributed by atoms with van der Waals surface area (Å²) in [5.74, 6) is 2.27. The summed E-state index contributed by atoms with van der Waals surface area (Å²) in [5.41, 5.74) is 0.524. The molecule has 5 heteroatoms. The van der Waals surface area contributed by atoms with E-state index in [2.05, 4.69) is 12.2 Å². The van der Waals surface area contributed by atoms with Crippen molar-refractivity contribution in [3.8, 4) is 11.5 Å². The van der Waals surface area contributed by atoms with Crippen LogP contribution in [0.3, 0.4) is 0 Å². The average Bonchev–Trinajstić information content (AvgIpc) is 3.39. The molecule has 1 aliphatic heterocycles. The van der Waals surface area contributed by atoms with Crippen LogP contribution in [-0.4, -0.2) is 26.0 Å². The van der Waals surface area contributed by atoms with E-state index < -0.39 is 0 Å². The Morgan fingerprint density at radius 3 is 2.12 bits per heavy atom. The van der Waals surface area contributed by atoms with Crippen molar-refractivity contribution in [3.63, 3.8) is 0 Å². The molecule has 6 rings (SSSR count). The number of benzene rings is 1. The van der Waals surface area contributed by atoms with E-state index in [9.17, 15) is 9.59 Å². The molecule has 2 amide bonds. The number of nitrogens with zero attached hydrogens (tertiary/aromatic N) is 1. The Balaban J connectivity index is 1.57. The highest BCUT2D eigenvalue weighted by Crippen LogP contribution is 2.65. The largest absolute Gasteiger partial charge is 0.497 e. The Labute approximate surface area is 140 Å². The van der Waals surface area contributed by atoms with E-state index in [1.54, 1.807) is 25.3 Å². The number of methoxy groups -OCH3 is 2. The lowest BCUT2D eigenvalue weighted by Gasteiger charge is -2.37. The van der Waals surface area contributed by atoms with Gasteiger partial charge in [0.1, 0.15) is 11.5 Å². The Bertz CT molecular complexity index is 750. The number of rotatable bonds is 3. The lowest BCUT2D eigenvalue weighted by molar-refractivity contribution is -0.124. The maximum Gasteiger partial charge on any atom is 0.238 e. The van der Waals surface area contributed by atoms with Crippen LogP contribution in [0.4, 0.5) is 5.69 Å². The predicted octanol–water partition coefficient (Wildman–Crippen LogP) is 2.26. The van der Waals surface area contributed by atoms with Crippen LogP contribution < -0.4 is 14.4 Å². The highest BCUT2D eigenvalue weighted by Gasteiger charge is 2.67. The monoisotopic (exact) mass is 325 g/mol.